The molecule has 4 aliphatic rings. The van der Waals surface area contributed by atoms with Crippen LogP contribution in [-0.2, 0) is 21.2 Å². The van der Waals surface area contributed by atoms with Gasteiger partial charge in [0.15, 0.2) is 0 Å². The maximum Gasteiger partial charge on any atom is 0.416 e. The van der Waals surface area contributed by atoms with Crippen molar-refractivity contribution >= 4 is 29.1 Å². The van der Waals surface area contributed by atoms with E-state index >= 15 is 0 Å². The zero-order valence-electron chi connectivity index (χ0n) is 18.1. The molecular formula is C27H19ClF3NO2. The standard InChI is InChI=1S/C27H19ClF3NO2/c1-2-26-17-9-5-3-7-15(17)21(16-8-4-6-10-18(16)26)22-23(26)25(34)32(24(22)33)20-13-14(27(29,30)31)11-12-19(20)28/h3-13,21-23H,2H2,1H3/t21?,22-,23+,26?/m1/s1. The molecule has 3 aromatic carbocycles. The normalized spacial score (nSPS) is 27.0. The Labute approximate surface area is 199 Å². The number of hydrogen-bond acceptors (Lipinski definition) is 2. The van der Waals surface area contributed by atoms with Crippen LogP contribution in [0.4, 0.5) is 18.9 Å². The van der Waals surface area contributed by atoms with Gasteiger partial charge in [0.2, 0.25) is 11.8 Å². The molecule has 3 aromatic rings. The van der Waals surface area contributed by atoms with E-state index in [0.29, 0.717) is 6.42 Å². The van der Waals surface area contributed by atoms with Crippen LogP contribution >= 0.6 is 11.6 Å². The first-order valence-electron chi connectivity index (χ1n) is 11.1. The van der Waals surface area contributed by atoms with Gasteiger partial charge in [-0.1, -0.05) is 67.1 Å². The summed E-state index contributed by atoms with van der Waals surface area (Å²) in [7, 11) is 0. The molecule has 3 nitrogen and oxygen atoms in total. The molecule has 7 heteroatoms. The summed E-state index contributed by atoms with van der Waals surface area (Å²) in [6.07, 6.45) is -4.06. The lowest BCUT2D eigenvalue weighted by molar-refractivity contribution is -0.137. The van der Waals surface area contributed by atoms with Crippen LogP contribution in [0.15, 0.2) is 66.7 Å². The van der Waals surface area contributed by atoms with Gasteiger partial charge in [-0.25, -0.2) is 4.90 Å². The van der Waals surface area contributed by atoms with Crippen molar-refractivity contribution in [2.75, 3.05) is 4.90 Å². The fraction of sp³-hybridized carbons (Fsp3) is 0.259. The molecule has 7 rings (SSSR count). The van der Waals surface area contributed by atoms with Gasteiger partial charge in [0.1, 0.15) is 0 Å². The third-order valence-corrected chi connectivity index (χ3v) is 8.19. The molecule has 1 fully saturated rings. The first kappa shape index (κ1) is 21.4. The molecule has 3 aliphatic carbocycles. The van der Waals surface area contributed by atoms with E-state index in [2.05, 4.69) is 0 Å². The van der Waals surface area contributed by atoms with Crippen LogP contribution < -0.4 is 4.90 Å². The lowest BCUT2D eigenvalue weighted by atomic mass is 9.46. The van der Waals surface area contributed by atoms with Gasteiger partial charge >= 0.3 is 6.18 Å². The lowest BCUT2D eigenvalue weighted by Gasteiger charge is -2.54. The summed E-state index contributed by atoms with van der Waals surface area (Å²) in [6.45, 7) is 1.99. The summed E-state index contributed by atoms with van der Waals surface area (Å²) in [6, 6.07) is 18.5. The molecule has 0 N–H and O–H groups in total. The van der Waals surface area contributed by atoms with Crippen molar-refractivity contribution in [1.29, 1.82) is 0 Å². The highest BCUT2D eigenvalue weighted by atomic mass is 35.5. The van der Waals surface area contributed by atoms with Crippen molar-refractivity contribution < 1.29 is 22.8 Å². The number of amides is 2. The maximum atomic E-state index is 14.0. The average molecular weight is 482 g/mol. The molecular weight excluding hydrogens is 463 g/mol. The van der Waals surface area contributed by atoms with Gasteiger partial charge in [-0.05, 0) is 46.9 Å². The number of carbonyl (C=O) groups excluding carboxylic acids is 2. The van der Waals surface area contributed by atoms with Crippen molar-refractivity contribution in [3.05, 3.63) is 99.6 Å². The van der Waals surface area contributed by atoms with Crippen LogP contribution in [0.3, 0.4) is 0 Å². The number of benzene rings is 3. The Morgan fingerprint density at radius 1 is 0.912 bits per heavy atom. The monoisotopic (exact) mass is 481 g/mol. The molecule has 34 heavy (non-hydrogen) atoms. The predicted octanol–water partition coefficient (Wildman–Crippen LogP) is 6.32. The number of carbonyl (C=O) groups is 2. The minimum absolute atomic E-state index is 0.0683. The molecule has 0 radical (unpaired) electrons. The highest BCUT2D eigenvalue weighted by Gasteiger charge is 2.67. The Bertz CT molecular complexity index is 1330. The third kappa shape index (κ3) is 2.49. The van der Waals surface area contributed by atoms with Gasteiger partial charge in [0.25, 0.3) is 0 Å². The van der Waals surface area contributed by atoms with E-state index in [0.717, 1.165) is 45.4 Å². The van der Waals surface area contributed by atoms with Crippen molar-refractivity contribution in [3.63, 3.8) is 0 Å². The Morgan fingerprint density at radius 3 is 2.06 bits per heavy atom. The summed E-state index contributed by atoms with van der Waals surface area (Å²) < 4.78 is 40.4. The smallest absolute Gasteiger partial charge is 0.274 e. The molecule has 2 bridgehead atoms. The second kappa shape index (κ2) is 6.95. The Morgan fingerprint density at radius 2 is 1.50 bits per heavy atom. The Balaban J connectivity index is 1.60. The molecule has 1 heterocycles. The van der Waals surface area contributed by atoms with E-state index in [9.17, 15) is 22.8 Å². The van der Waals surface area contributed by atoms with Crippen molar-refractivity contribution in [2.45, 2.75) is 30.9 Å². The maximum absolute atomic E-state index is 14.0. The number of rotatable bonds is 2. The zero-order valence-corrected chi connectivity index (χ0v) is 18.8. The molecule has 2 atom stereocenters. The van der Waals surface area contributed by atoms with Crippen molar-refractivity contribution in [2.24, 2.45) is 11.8 Å². The van der Waals surface area contributed by atoms with E-state index in [4.69, 9.17) is 11.6 Å². The second-order valence-electron chi connectivity index (χ2n) is 9.16. The van der Waals surface area contributed by atoms with Crippen LogP contribution in [0, 0.1) is 11.8 Å². The quantitative estimate of drug-likeness (QED) is 0.402. The molecule has 172 valence electrons. The van der Waals surface area contributed by atoms with Gasteiger partial charge < -0.3 is 0 Å². The SMILES string of the molecule is CCC12c3ccccc3C(c3ccccc31)[C@H]1C(=O)N(c3cc(C(F)(F)F)ccc3Cl)C(=O)[C@H]12. The van der Waals surface area contributed by atoms with Crippen molar-refractivity contribution in [3.8, 4) is 0 Å². The van der Waals surface area contributed by atoms with E-state index in [1.807, 2.05) is 55.5 Å². The van der Waals surface area contributed by atoms with Gasteiger partial charge in [0.05, 0.1) is 28.1 Å². The van der Waals surface area contributed by atoms with Gasteiger partial charge in [-0.15, -0.1) is 0 Å². The van der Waals surface area contributed by atoms with Crippen molar-refractivity contribution in [1.82, 2.24) is 0 Å². The molecule has 2 amide bonds. The van der Waals surface area contributed by atoms with Crippen LogP contribution in [0.2, 0.25) is 5.02 Å². The van der Waals surface area contributed by atoms with Gasteiger partial charge in [-0.2, -0.15) is 13.2 Å². The highest BCUT2D eigenvalue weighted by Crippen LogP contribution is 2.65. The Hall–Kier alpha value is -3.12. The number of anilines is 1. The summed E-state index contributed by atoms with van der Waals surface area (Å²) in [5.74, 6) is -2.76. The fourth-order valence-corrected chi connectivity index (χ4v) is 6.83. The highest BCUT2D eigenvalue weighted by molar-refractivity contribution is 6.36. The minimum atomic E-state index is -4.63. The fourth-order valence-electron chi connectivity index (χ4n) is 6.63. The first-order valence-corrected chi connectivity index (χ1v) is 11.5. The van der Waals surface area contributed by atoms with Crippen LogP contribution in [0.5, 0.6) is 0 Å². The Kier molecular flexibility index (Phi) is 4.38. The number of hydrogen-bond donors (Lipinski definition) is 0. The molecule has 0 saturated carbocycles. The lowest BCUT2D eigenvalue weighted by Crippen LogP contribution is -2.53. The molecule has 0 unspecified atom stereocenters. The van der Waals surface area contributed by atoms with E-state index < -0.39 is 40.8 Å². The van der Waals surface area contributed by atoms with Gasteiger partial charge in [0, 0.05) is 11.3 Å². The number of alkyl halides is 3. The minimum Gasteiger partial charge on any atom is -0.274 e. The van der Waals surface area contributed by atoms with Crippen LogP contribution in [-0.4, -0.2) is 11.8 Å². The molecule has 1 aliphatic heterocycles. The van der Waals surface area contributed by atoms with Crippen LogP contribution in [0.1, 0.15) is 47.1 Å². The zero-order chi connectivity index (χ0) is 24.0. The molecule has 0 spiro atoms. The predicted molar refractivity (Wildman–Crippen MR) is 122 cm³/mol. The van der Waals surface area contributed by atoms with Gasteiger partial charge in [-0.3, -0.25) is 9.59 Å². The largest absolute Gasteiger partial charge is 0.416 e. The number of halogens is 4. The second-order valence-corrected chi connectivity index (χ2v) is 9.56. The summed E-state index contributed by atoms with van der Waals surface area (Å²) >= 11 is 6.28. The number of nitrogens with zero attached hydrogens (tertiary/aromatic N) is 1. The van der Waals surface area contributed by atoms with Crippen LogP contribution in [0.25, 0.3) is 0 Å². The summed E-state index contributed by atoms with van der Waals surface area (Å²) in [5, 5.41) is -0.0683. The number of imide groups is 1. The summed E-state index contributed by atoms with van der Waals surface area (Å²) in [5.41, 5.74) is 2.12. The summed E-state index contributed by atoms with van der Waals surface area (Å²) in [4.78, 5) is 28.8. The van der Waals surface area contributed by atoms with E-state index in [1.54, 1.807) is 0 Å². The topological polar surface area (TPSA) is 37.4 Å². The average Bonchev–Trinajstić information content (AvgIpc) is 3.09. The van der Waals surface area contributed by atoms with E-state index in [-0.39, 0.29) is 16.6 Å². The van der Waals surface area contributed by atoms with E-state index in [1.165, 1.54) is 0 Å². The third-order valence-electron chi connectivity index (χ3n) is 7.87. The molecule has 0 aromatic heterocycles. The first-order chi connectivity index (χ1) is 16.2. The molecule has 1 saturated heterocycles.